The second-order valence-corrected chi connectivity index (χ2v) is 5.43. The summed E-state index contributed by atoms with van der Waals surface area (Å²) in [6, 6.07) is 9.06. The predicted molar refractivity (Wildman–Crippen MR) is 91.7 cm³/mol. The minimum Gasteiger partial charge on any atom is -0.497 e. The van der Waals surface area contributed by atoms with E-state index in [1.807, 2.05) is 19.1 Å². The van der Waals surface area contributed by atoms with Crippen molar-refractivity contribution in [1.29, 1.82) is 0 Å². The first-order chi connectivity index (χ1) is 11.6. The van der Waals surface area contributed by atoms with Gasteiger partial charge in [0.25, 0.3) is 0 Å². The van der Waals surface area contributed by atoms with Crippen LogP contribution in [0.25, 0.3) is 11.0 Å². The molecule has 0 saturated heterocycles. The molecule has 0 radical (unpaired) electrons. The van der Waals surface area contributed by atoms with Crippen molar-refractivity contribution >= 4 is 16.8 Å². The number of aromatic nitrogens is 1. The third kappa shape index (κ3) is 3.14. The van der Waals surface area contributed by atoms with Gasteiger partial charge in [-0.15, -0.1) is 0 Å². The predicted octanol–water partition coefficient (Wildman–Crippen LogP) is 3.30. The van der Waals surface area contributed by atoms with Crippen LogP contribution >= 0.6 is 0 Å². The molecule has 6 heteroatoms. The van der Waals surface area contributed by atoms with E-state index in [0.717, 1.165) is 16.7 Å². The molecule has 0 bridgehead atoms. The van der Waals surface area contributed by atoms with E-state index in [9.17, 15) is 5.11 Å². The standard InChI is InChI=1S/C18H20N2O4/c1-11-8-14-17(24-11)6-7-19-18(14)20-10-15(21)13-9-12(22-2)4-5-16(13)23-3/h4-9,15,21H,10H2,1-3H3,(H,19,20)/t15-/m1/s1. The Morgan fingerprint density at radius 2 is 2.04 bits per heavy atom. The van der Waals surface area contributed by atoms with Crippen LogP contribution in [-0.2, 0) is 0 Å². The van der Waals surface area contributed by atoms with Gasteiger partial charge in [0.05, 0.1) is 25.7 Å². The number of pyridine rings is 1. The lowest BCUT2D eigenvalue weighted by Gasteiger charge is -2.17. The van der Waals surface area contributed by atoms with Crippen molar-refractivity contribution in [2.24, 2.45) is 0 Å². The van der Waals surface area contributed by atoms with Crippen molar-refractivity contribution in [2.75, 3.05) is 26.1 Å². The number of aryl methyl sites for hydroxylation is 1. The van der Waals surface area contributed by atoms with Gasteiger partial charge in [0.2, 0.25) is 0 Å². The summed E-state index contributed by atoms with van der Waals surface area (Å²) in [5.74, 6) is 2.76. The summed E-state index contributed by atoms with van der Waals surface area (Å²) in [7, 11) is 3.16. The molecular weight excluding hydrogens is 308 g/mol. The van der Waals surface area contributed by atoms with E-state index in [0.29, 0.717) is 22.9 Å². The monoisotopic (exact) mass is 328 g/mol. The molecule has 0 amide bonds. The maximum absolute atomic E-state index is 10.5. The van der Waals surface area contributed by atoms with Crippen molar-refractivity contribution < 1.29 is 19.0 Å². The second kappa shape index (κ2) is 6.80. The summed E-state index contributed by atoms with van der Waals surface area (Å²) < 4.78 is 16.1. The Morgan fingerprint density at radius 3 is 2.79 bits per heavy atom. The summed E-state index contributed by atoms with van der Waals surface area (Å²) in [6.45, 7) is 2.17. The summed E-state index contributed by atoms with van der Waals surface area (Å²) >= 11 is 0. The molecule has 24 heavy (non-hydrogen) atoms. The Kier molecular flexibility index (Phi) is 4.57. The van der Waals surface area contributed by atoms with E-state index in [1.165, 1.54) is 0 Å². The number of rotatable bonds is 6. The highest BCUT2D eigenvalue weighted by Crippen LogP contribution is 2.30. The molecule has 1 aromatic carbocycles. The van der Waals surface area contributed by atoms with Crippen molar-refractivity contribution in [2.45, 2.75) is 13.0 Å². The number of aliphatic hydroxyl groups is 1. The molecule has 2 N–H and O–H groups in total. The first-order valence-corrected chi connectivity index (χ1v) is 7.61. The van der Waals surface area contributed by atoms with Crippen LogP contribution in [0, 0.1) is 6.92 Å². The van der Waals surface area contributed by atoms with E-state index in [-0.39, 0.29) is 6.54 Å². The Bertz CT molecular complexity index is 844. The molecule has 0 aliphatic heterocycles. The third-order valence-electron chi connectivity index (χ3n) is 3.83. The number of hydrogen-bond donors (Lipinski definition) is 2. The Labute approximate surface area is 140 Å². The maximum atomic E-state index is 10.5. The van der Waals surface area contributed by atoms with E-state index in [4.69, 9.17) is 13.9 Å². The van der Waals surface area contributed by atoms with Crippen molar-refractivity contribution in [1.82, 2.24) is 4.98 Å². The second-order valence-electron chi connectivity index (χ2n) is 5.43. The third-order valence-corrected chi connectivity index (χ3v) is 3.83. The van der Waals surface area contributed by atoms with E-state index in [1.54, 1.807) is 38.6 Å². The summed E-state index contributed by atoms with van der Waals surface area (Å²) in [5.41, 5.74) is 1.42. The molecule has 0 aliphatic carbocycles. The average molecular weight is 328 g/mol. The number of methoxy groups -OCH3 is 2. The van der Waals surface area contributed by atoms with Crippen LogP contribution in [0.5, 0.6) is 11.5 Å². The van der Waals surface area contributed by atoms with Crippen LogP contribution < -0.4 is 14.8 Å². The SMILES string of the molecule is COc1ccc(OC)c([C@H](O)CNc2nccc3oc(C)cc23)c1. The number of ether oxygens (including phenoxy) is 2. The topological polar surface area (TPSA) is 76.8 Å². The lowest BCUT2D eigenvalue weighted by molar-refractivity contribution is 0.186. The number of benzene rings is 1. The quantitative estimate of drug-likeness (QED) is 0.723. The summed E-state index contributed by atoms with van der Waals surface area (Å²) in [4.78, 5) is 4.32. The van der Waals surface area contributed by atoms with Crippen molar-refractivity contribution in [3.8, 4) is 11.5 Å². The van der Waals surface area contributed by atoms with Crippen LogP contribution in [0.1, 0.15) is 17.4 Å². The van der Waals surface area contributed by atoms with Gasteiger partial charge in [0.1, 0.15) is 28.7 Å². The lowest BCUT2D eigenvalue weighted by atomic mass is 10.1. The van der Waals surface area contributed by atoms with Gasteiger partial charge < -0.3 is 24.3 Å². The molecule has 0 spiro atoms. The first-order valence-electron chi connectivity index (χ1n) is 7.61. The maximum Gasteiger partial charge on any atom is 0.139 e. The van der Waals surface area contributed by atoms with Gasteiger partial charge in [-0.1, -0.05) is 0 Å². The number of nitrogens with one attached hydrogen (secondary N) is 1. The first kappa shape index (κ1) is 16.1. The average Bonchev–Trinajstić information content (AvgIpc) is 2.99. The zero-order valence-electron chi connectivity index (χ0n) is 13.9. The lowest BCUT2D eigenvalue weighted by Crippen LogP contribution is -2.14. The Morgan fingerprint density at radius 1 is 1.21 bits per heavy atom. The fourth-order valence-corrected chi connectivity index (χ4v) is 2.63. The minimum atomic E-state index is -0.778. The zero-order valence-corrected chi connectivity index (χ0v) is 13.9. The highest BCUT2D eigenvalue weighted by Gasteiger charge is 2.16. The van der Waals surface area contributed by atoms with E-state index < -0.39 is 6.10 Å². The minimum absolute atomic E-state index is 0.278. The Hall–Kier alpha value is -2.73. The van der Waals surface area contributed by atoms with Gasteiger partial charge in [-0.25, -0.2) is 4.98 Å². The van der Waals surface area contributed by atoms with Crippen molar-refractivity contribution in [3.63, 3.8) is 0 Å². The molecule has 126 valence electrons. The number of furan rings is 1. The van der Waals surface area contributed by atoms with Gasteiger partial charge in [0, 0.05) is 18.3 Å². The normalized spacial score (nSPS) is 12.2. The van der Waals surface area contributed by atoms with Gasteiger partial charge in [-0.2, -0.15) is 0 Å². The molecule has 3 rings (SSSR count). The van der Waals surface area contributed by atoms with Crippen LogP contribution in [0.3, 0.4) is 0 Å². The molecule has 6 nitrogen and oxygen atoms in total. The van der Waals surface area contributed by atoms with Crippen LogP contribution in [0.15, 0.2) is 40.9 Å². The van der Waals surface area contributed by atoms with Gasteiger partial charge in [-0.3, -0.25) is 0 Å². The largest absolute Gasteiger partial charge is 0.497 e. The molecule has 0 aliphatic rings. The number of fused-ring (bicyclic) bond motifs is 1. The molecular formula is C18H20N2O4. The molecule has 0 saturated carbocycles. The van der Waals surface area contributed by atoms with Crippen LogP contribution in [-0.4, -0.2) is 30.9 Å². The summed E-state index contributed by atoms with van der Waals surface area (Å²) in [6.07, 6.45) is 0.895. The number of hydrogen-bond acceptors (Lipinski definition) is 6. The van der Waals surface area contributed by atoms with Gasteiger partial charge in [0.15, 0.2) is 0 Å². The Balaban J connectivity index is 1.81. The van der Waals surface area contributed by atoms with Crippen LogP contribution in [0.2, 0.25) is 0 Å². The summed E-state index contributed by atoms with van der Waals surface area (Å²) in [5, 5.41) is 14.6. The fourth-order valence-electron chi connectivity index (χ4n) is 2.63. The molecule has 2 heterocycles. The molecule has 0 fully saturated rings. The highest BCUT2D eigenvalue weighted by molar-refractivity contribution is 5.88. The van der Waals surface area contributed by atoms with Gasteiger partial charge >= 0.3 is 0 Å². The molecule has 0 unspecified atom stereocenters. The number of anilines is 1. The number of aliphatic hydroxyl groups excluding tert-OH is 1. The molecule has 2 aromatic heterocycles. The smallest absolute Gasteiger partial charge is 0.139 e. The number of nitrogens with zero attached hydrogens (tertiary/aromatic N) is 1. The molecule has 1 atom stereocenters. The highest BCUT2D eigenvalue weighted by atomic mass is 16.5. The fraction of sp³-hybridized carbons (Fsp3) is 0.278. The molecule has 3 aromatic rings. The van der Waals surface area contributed by atoms with E-state index >= 15 is 0 Å². The van der Waals surface area contributed by atoms with Crippen molar-refractivity contribution in [3.05, 3.63) is 47.9 Å². The zero-order chi connectivity index (χ0) is 17.1. The van der Waals surface area contributed by atoms with E-state index in [2.05, 4.69) is 10.3 Å². The van der Waals surface area contributed by atoms with Gasteiger partial charge in [-0.05, 0) is 37.3 Å². The van der Waals surface area contributed by atoms with Crippen LogP contribution in [0.4, 0.5) is 5.82 Å².